The summed E-state index contributed by atoms with van der Waals surface area (Å²) in [5, 5.41) is 2.88. The molecule has 44 heavy (non-hydrogen) atoms. The maximum atomic E-state index is 14.0. The average molecular weight is 658 g/mol. The minimum absolute atomic E-state index is 0.0605. The molecule has 2 amide bonds. The largest absolute Gasteiger partial charge is 0.494 e. The second-order valence-electron chi connectivity index (χ2n) is 11.7. The number of likely N-dealkylation sites (tertiary alicyclic amines) is 1. The first-order valence-electron chi connectivity index (χ1n) is 14.4. The van der Waals surface area contributed by atoms with Gasteiger partial charge in [-0.2, -0.15) is 13.2 Å². The Morgan fingerprint density at radius 2 is 2.02 bits per heavy atom. The number of urea groups is 1. The Kier molecular flexibility index (Phi) is 10.9. The summed E-state index contributed by atoms with van der Waals surface area (Å²) in [6, 6.07) is -0.500. The first-order chi connectivity index (χ1) is 20.7. The van der Waals surface area contributed by atoms with E-state index in [0.717, 1.165) is 0 Å². The van der Waals surface area contributed by atoms with Crippen LogP contribution < -0.4 is 10.1 Å². The summed E-state index contributed by atoms with van der Waals surface area (Å²) in [5.41, 5.74) is 2.10. The Labute approximate surface area is 264 Å². The lowest BCUT2D eigenvalue weighted by Crippen LogP contribution is -2.51. The zero-order valence-corrected chi connectivity index (χ0v) is 27.3. The number of hydrogen-bond acceptors (Lipinski definition) is 8. The van der Waals surface area contributed by atoms with Crippen molar-refractivity contribution in [3.63, 3.8) is 0 Å². The standard InChI is InChI=1S/C29H39ClF3N7O3S/c1-7-40(27(41)37-23-16-38(15-20(23)29(31,32)33)10-8-12-43-44-28(3,4)5)18(2)21-13-19(24(42-6)14-35-21)22-17-39-11-9-34-26(39)25(30)36-22/h9,11,13-14,17-18,20,23H,7-8,10,12,15-16H2,1-6H3,(H,37,41). The number of hydrogen-bond donors (Lipinski definition) is 1. The number of imidazole rings is 1. The zero-order chi connectivity index (χ0) is 32.2. The van der Waals surface area contributed by atoms with Gasteiger partial charge in [-0.1, -0.05) is 11.6 Å². The van der Waals surface area contributed by atoms with Crippen LogP contribution in [0.25, 0.3) is 16.9 Å². The lowest BCUT2D eigenvalue weighted by Gasteiger charge is -2.31. The number of fused-ring (bicyclic) bond motifs is 1. The van der Waals surface area contributed by atoms with E-state index >= 15 is 0 Å². The van der Waals surface area contributed by atoms with E-state index in [1.165, 1.54) is 30.2 Å². The van der Waals surface area contributed by atoms with Crippen LogP contribution in [0.2, 0.25) is 5.15 Å². The monoisotopic (exact) mass is 657 g/mol. The third kappa shape index (κ3) is 8.26. The molecule has 242 valence electrons. The molecule has 0 aliphatic carbocycles. The van der Waals surface area contributed by atoms with Crippen molar-refractivity contribution in [1.29, 1.82) is 0 Å². The number of nitrogens with one attached hydrogen (secondary N) is 1. The van der Waals surface area contributed by atoms with Crippen molar-refractivity contribution >= 4 is 35.3 Å². The number of methoxy groups -OCH3 is 1. The highest BCUT2D eigenvalue weighted by atomic mass is 35.5. The molecule has 15 heteroatoms. The van der Waals surface area contributed by atoms with E-state index in [-0.39, 0.29) is 29.5 Å². The number of carbonyl (C=O) groups is 1. The lowest BCUT2D eigenvalue weighted by molar-refractivity contribution is -0.174. The first kappa shape index (κ1) is 34.1. The highest BCUT2D eigenvalue weighted by Crippen LogP contribution is 2.35. The molecule has 3 aromatic rings. The van der Waals surface area contributed by atoms with Gasteiger partial charge in [0, 0.05) is 55.1 Å². The molecule has 4 rings (SSSR count). The van der Waals surface area contributed by atoms with Crippen LogP contribution in [-0.2, 0) is 4.18 Å². The molecule has 0 aromatic carbocycles. The summed E-state index contributed by atoms with van der Waals surface area (Å²) in [4.78, 5) is 29.8. The highest BCUT2D eigenvalue weighted by molar-refractivity contribution is 7.96. The third-order valence-electron chi connectivity index (χ3n) is 7.35. The van der Waals surface area contributed by atoms with Crippen molar-refractivity contribution in [3.05, 3.63) is 41.7 Å². The van der Waals surface area contributed by atoms with Crippen LogP contribution in [0.15, 0.2) is 30.9 Å². The average Bonchev–Trinajstić information content (AvgIpc) is 3.59. The van der Waals surface area contributed by atoms with Crippen LogP contribution >= 0.6 is 23.6 Å². The molecule has 3 aromatic heterocycles. The highest BCUT2D eigenvalue weighted by Gasteiger charge is 2.50. The molecule has 0 radical (unpaired) electrons. The normalized spacial score (nSPS) is 18.5. The minimum atomic E-state index is -4.45. The summed E-state index contributed by atoms with van der Waals surface area (Å²) in [6.07, 6.45) is 2.76. The van der Waals surface area contributed by atoms with Gasteiger partial charge in [0.1, 0.15) is 5.75 Å². The lowest BCUT2D eigenvalue weighted by atomic mass is 10.0. The number of halogens is 4. The van der Waals surface area contributed by atoms with Gasteiger partial charge in [-0.25, -0.2) is 14.8 Å². The van der Waals surface area contributed by atoms with Crippen molar-refractivity contribution in [3.8, 4) is 17.0 Å². The van der Waals surface area contributed by atoms with E-state index < -0.39 is 30.2 Å². The third-order valence-corrected chi connectivity index (χ3v) is 8.39. The minimum Gasteiger partial charge on any atom is -0.494 e. The molecule has 10 nitrogen and oxygen atoms in total. The predicted molar refractivity (Wildman–Crippen MR) is 165 cm³/mol. The maximum absolute atomic E-state index is 14.0. The van der Waals surface area contributed by atoms with Crippen LogP contribution in [0.3, 0.4) is 0 Å². The van der Waals surface area contributed by atoms with Gasteiger partial charge in [-0.15, -0.1) is 0 Å². The van der Waals surface area contributed by atoms with Crippen LogP contribution in [0.1, 0.15) is 52.8 Å². The van der Waals surface area contributed by atoms with Crippen molar-refractivity contribution in [1.82, 2.24) is 34.5 Å². The smallest absolute Gasteiger partial charge is 0.395 e. The van der Waals surface area contributed by atoms with Crippen molar-refractivity contribution in [2.75, 3.05) is 39.9 Å². The van der Waals surface area contributed by atoms with Crippen LogP contribution in [0.5, 0.6) is 5.75 Å². The predicted octanol–water partition coefficient (Wildman–Crippen LogP) is 6.26. The number of rotatable bonds is 11. The van der Waals surface area contributed by atoms with E-state index in [1.54, 1.807) is 47.8 Å². The molecule has 0 spiro atoms. The number of carbonyl (C=O) groups excluding carboxylic acids is 1. The number of ether oxygens (including phenoxy) is 1. The van der Waals surface area contributed by atoms with Gasteiger partial charge < -0.3 is 28.4 Å². The summed E-state index contributed by atoms with van der Waals surface area (Å²) in [6.45, 7) is 10.7. The quantitative estimate of drug-likeness (QED) is 0.191. The van der Waals surface area contributed by atoms with Gasteiger partial charge in [-0.3, -0.25) is 4.98 Å². The van der Waals surface area contributed by atoms with E-state index in [0.29, 0.717) is 47.9 Å². The molecule has 4 heterocycles. The molecule has 0 bridgehead atoms. The summed E-state index contributed by atoms with van der Waals surface area (Å²) in [5.74, 6) is -1.23. The second kappa shape index (κ2) is 14.1. The van der Waals surface area contributed by atoms with Gasteiger partial charge in [-0.05, 0) is 59.1 Å². The van der Waals surface area contributed by atoms with Crippen LogP contribution in [0.4, 0.5) is 18.0 Å². The summed E-state index contributed by atoms with van der Waals surface area (Å²) in [7, 11) is 1.51. The van der Waals surface area contributed by atoms with E-state index in [1.807, 2.05) is 20.8 Å². The maximum Gasteiger partial charge on any atom is 0.395 e. The Morgan fingerprint density at radius 3 is 2.68 bits per heavy atom. The van der Waals surface area contributed by atoms with Crippen molar-refractivity contribution < 1.29 is 26.9 Å². The number of nitrogens with zero attached hydrogens (tertiary/aromatic N) is 6. The molecule has 0 saturated carbocycles. The number of amides is 2. The zero-order valence-electron chi connectivity index (χ0n) is 25.7. The molecule has 1 aliphatic rings. The molecule has 3 unspecified atom stereocenters. The topological polar surface area (TPSA) is 97.1 Å². The Hall–Kier alpha value is -2.81. The second-order valence-corrected chi connectivity index (χ2v) is 13.7. The number of pyridine rings is 1. The Bertz CT molecular complexity index is 1440. The van der Waals surface area contributed by atoms with Crippen LogP contribution in [-0.4, -0.2) is 92.0 Å². The van der Waals surface area contributed by atoms with E-state index in [9.17, 15) is 18.0 Å². The molecule has 3 atom stereocenters. The van der Waals surface area contributed by atoms with E-state index in [4.69, 9.17) is 20.5 Å². The Morgan fingerprint density at radius 1 is 1.27 bits per heavy atom. The first-order valence-corrected chi connectivity index (χ1v) is 15.5. The van der Waals surface area contributed by atoms with Crippen molar-refractivity contribution in [2.45, 2.75) is 64.0 Å². The molecule has 1 fully saturated rings. The molecule has 1 N–H and O–H groups in total. The molecule has 1 saturated heterocycles. The number of aromatic nitrogens is 4. The fourth-order valence-electron chi connectivity index (χ4n) is 5.18. The van der Waals surface area contributed by atoms with Crippen molar-refractivity contribution in [2.24, 2.45) is 5.92 Å². The molecular formula is C29H39ClF3N7O3S. The summed E-state index contributed by atoms with van der Waals surface area (Å²) < 4.78 is 54.9. The summed E-state index contributed by atoms with van der Waals surface area (Å²) >= 11 is 7.71. The van der Waals surface area contributed by atoms with Gasteiger partial charge in [0.2, 0.25) is 0 Å². The van der Waals surface area contributed by atoms with Gasteiger partial charge in [0.15, 0.2) is 10.8 Å². The van der Waals surface area contributed by atoms with Gasteiger partial charge in [0.05, 0.1) is 49.3 Å². The SMILES string of the molecule is CCN(C(=O)NC1CN(CCCOSC(C)(C)C)CC1C(F)(F)F)C(C)c1cc(-c2cn3ccnc3c(Cl)n2)c(OC)cn1. The van der Waals surface area contributed by atoms with E-state index in [2.05, 4.69) is 20.3 Å². The van der Waals surface area contributed by atoms with Gasteiger partial charge in [0.25, 0.3) is 0 Å². The molecular weight excluding hydrogens is 619 g/mol. The fraction of sp³-hybridized carbons (Fsp3) is 0.586. The molecule has 1 aliphatic heterocycles. The van der Waals surface area contributed by atoms with Gasteiger partial charge >= 0.3 is 12.2 Å². The fourth-order valence-corrected chi connectivity index (χ4v) is 5.97. The van der Waals surface area contributed by atoms with Crippen LogP contribution in [0, 0.1) is 5.92 Å². The Balaban J connectivity index is 1.47. The number of alkyl halides is 3.